The summed E-state index contributed by atoms with van der Waals surface area (Å²) in [7, 11) is 0. The minimum atomic E-state index is 0. The SMILES string of the molecule is [Al+3].[Fe+2].[O-2].[Zr+4]. The maximum atomic E-state index is 0. The standard InChI is InChI=1S/Al.Fe.O.Zr/q+3;+2;-2;+4. The van der Waals surface area contributed by atoms with Crippen LogP contribution in [0.5, 0.6) is 0 Å². The Morgan fingerprint density at radius 1 is 1.00 bits per heavy atom. The third-order valence-corrected chi connectivity index (χ3v) is 0. The Morgan fingerprint density at radius 2 is 1.00 bits per heavy atom. The molecule has 0 aromatic heterocycles. The van der Waals surface area contributed by atoms with E-state index in [-0.39, 0.29) is 66.1 Å². The van der Waals surface area contributed by atoms with Gasteiger partial charge in [-0.3, -0.25) is 0 Å². The smallest absolute Gasteiger partial charge is 2.00 e. The second-order valence-corrected chi connectivity index (χ2v) is 0. The van der Waals surface area contributed by atoms with Crippen molar-refractivity contribution in [3.8, 4) is 0 Å². The first-order chi connectivity index (χ1) is 0. The minimum absolute atomic E-state index is 0. The summed E-state index contributed by atoms with van der Waals surface area (Å²) in [6.45, 7) is 0. The second-order valence-electron chi connectivity index (χ2n) is 0. The molecule has 0 aromatic carbocycles. The molecule has 0 spiro atoms. The van der Waals surface area contributed by atoms with E-state index in [2.05, 4.69) is 0 Å². The average molecular weight is 190 g/mol. The molecule has 14 valence electrons. The van der Waals surface area contributed by atoms with Crippen molar-refractivity contribution in [2.75, 3.05) is 0 Å². The van der Waals surface area contributed by atoms with Crippen molar-refractivity contribution in [3.63, 3.8) is 0 Å². The van der Waals surface area contributed by atoms with Crippen LogP contribution in [0.4, 0.5) is 0 Å². The quantitative estimate of drug-likeness (QED) is 0.460. The van der Waals surface area contributed by atoms with E-state index in [1.807, 2.05) is 0 Å². The van der Waals surface area contributed by atoms with Crippen molar-refractivity contribution in [1.29, 1.82) is 0 Å². The van der Waals surface area contributed by atoms with Crippen molar-refractivity contribution >= 4 is 17.4 Å². The zero-order chi connectivity index (χ0) is 0. The molecule has 0 atom stereocenters. The molecule has 0 N–H and O–H groups in total. The van der Waals surface area contributed by atoms with E-state index in [0.717, 1.165) is 0 Å². The van der Waals surface area contributed by atoms with Gasteiger partial charge in [0.2, 0.25) is 0 Å². The fourth-order valence-electron chi connectivity index (χ4n) is 0. The molecule has 0 bridgehead atoms. The Kier molecular flexibility index (Phi) is 203. The predicted octanol–water partition coefficient (Wildman–Crippen LogP) is -0.505. The first kappa shape index (κ1) is 39.3. The van der Waals surface area contributed by atoms with Crippen molar-refractivity contribution in [3.05, 3.63) is 0 Å². The third-order valence-electron chi connectivity index (χ3n) is 0. The molecule has 4 heteroatoms. The Labute approximate surface area is 65.6 Å². The fourth-order valence-corrected chi connectivity index (χ4v) is 0. The maximum Gasteiger partial charge on any atom is 4.00 e. The minimum Gasteiger partial charge on any atom is -2.00 e. The van der Waals surface area contributed by atoms with Crippen LogP contribution >= 0.6 is 0 Å². The van der Waals surface area contributed by atoms with Gasteiger partial charge in [0.05, 0.1) is 0 Å². The van der Waals surface area contributed by atoms with Crippen LogP contribution in [-0.4, -0.2) is 17.4 Å². The number of hydrogen-bond donors (Lipinski definition) is 0. The van der Waals surface area contributed by atoms with E-state index in [1.165, 1.54) is 0 Å². The van der Waals surface area contributed by atoms with Gasteiger partial charge >= 0.3 is 60.6 Å². The summed E-state index contributed by atoms with van der Waals surface area (Å²) in [5, 5.41) is 0. The first-order valence-electron chi connectivity index (χ1n) is 0. The molecule has 0 radical (unpaired) electrons. The van der Waals surface area contributed by atoms with Crippen LogP contribution in [-0.2, 0) is 48.7 Å². The maximum absolute atomic E-state index is 0. The van der Waals surface area contributed by atoms with Gasteiger partial charge < -0.3 is 5.48 Å². The van der Waals surface area contributed by atoms with Crippen LogP contribution in [0.3, 0.4) is 0 Å². The van der Waals surface area contributed by atoms with Crippen LogP contribution in [0, 0.1) is 0 Å². The summed E-state index contributed by atoms with van der Waals surface area (Å²) in [6, 6.07) is 0. The van der Waals surface area contributed by atoms with Crippen molar-refractivity contribution in [2.45, 2.75) is 0 Å². The molecule has 0 unspecified atom stereocenters. The Hall–Kier alpha value is 1.90. The molecular formula is AlFeOZr+7. The topological polar surface area (TPSA) is 28.5 Å². The molecule has 0 aliphatic carbocycles. The van der Waals surface area contributed by atoms with Crippen molar-refractivity contribution in [2.24, 2.45) is 0 Å². The van der Waals surface area contributed by atoms with E-state index >= 15 is 0 Å². The van der Waals surface area contributed by atoms with Crippen LogP contribution in [0.25, 0.3) is 0 Å². The molecule has 1 nitrogen and oxygen atoms in total. The molecule has 0 saturated heterocycles. The van der Waals surface area contributed by atoms with Gasteiger partial charge in [0.1, 0.15) is 0 Å². The summed E-state index contributed by atoms with van der Waals surface area (Å²) in [4.78, 5) is 0. The fraction of sp³-hybridized carbons (Fsp3) is 0. The van der Waals surface area contributed by atoms with Crippen LogP contribution in [0.1, 0.15) is 0 Å². The summed E-state index contributed by atoms with van der Waals surface area (Å²) in [6.07, 6.45) is 0. The Bertz CT molecular complexity index is 8.00. The number of rotatable bonds is 0. The van der Waals surface area contributed by atoms with Gasteiger partial charge in [-0.1, -0.05) is 0 Å². The van der Waals surface area contributed by atoms with E-state index < -0.39 is 0 Å². The molecule has 0 aromatic rings. The zero-order valence-corrected chi connectivity index (χ0v) is 6.56. The van der Waals surface area contributed by atoms with Crippen LogP contribution in [0.2, 0.25) is 0 Å². The summed E-state index contributed by atoms with van der Waals surface area (Å²) >= 11 is 0. The van der Waals surface area contributed by atoms with E-state index in [9.17, 15) is 0 Å². The first-order valence-corrected chi connectivity index (χ1v) is 0. The summed E-state index contributed by atoms with van der Waals surface area (Å²) in [5.41, 5.74) is 0. The van der Waals surface area contributed by atoms with Gasteiger partial charge in [0.15, 0.2) is 0 Å². The molecule has 0 amide bonds. The number of hydrogen-bond acceptors (Lipinski definition) is 0. The van der Waals surface area contributed by atoms with Crippen molar-refractivity contribution in [1.82, 2.24) is 0 Å². The second kappa shape index (κ2) is 20.7. The van der Waals surface area contributed by atoms with Crippen LogP contribution in [0.15, 0.2) is 0 Å². The molecule has 0 heterocycles. The van der Waals surface area contributed by atoms with Crippen molar-refractivity contribution < 1.29 is 48.7 Å². The largest absolute Gasteiger partial charge is 4.00 e. The normalized spacial score (nSPS) is 0. The van der Waals surface area contributed by atoms with E-state index in [4.69, 9.17) is 0 Å². The van der Waals surface area contributed by atoms with Gasteiger partial charge in [-0.15, -0.1) is 0 Å². The molecule has 0 saturated carbocycles. The summed E-state index contributed by atoms with van der Waals surface area (Å²) < 4.78 is 0. The van der Waals surface area contributed by atoms with Gasteiger partial charge in [-0.2, -0.15) is 0 Å². The predicted molar refractivity (Wildman–Crippen MR) is 6.44 cm³/mol. The van der Waals surface area contributed by atoms with Gasteiger partial charge in [-0.25, -0.2) is 0 Å². The molecule has 0 aliphatic heterocycles. The molecule has 0 aliphatic rings. The zero-order valence-electron chi connectivity index (χ0n) is 1.84. The van der Waals surface area contributed by atoms with E-state index in [1.54, 1.807) is 0 Å². The molecule has 0 rings (SSSR count). The average Bonchev–Trinajstić information content (AvgIpc) is 0. The Morgan fingerprint density at radius 3 is 1.00 bits per heavy atom. The molecular weight excluding hydrogens is 190 g/mol. The van der Waals surface area contributed by atoms with Gasteiger partial charge in [-0.05, 0) is 0 Å². The van der Waals surface area contributed by atoms with Gasteiger partial charge in [0, 0.05) is 0 Å². The monoisotopic (exact) mass is 189 g/mol. The van der Waals surface area contributed by atoms with Crippen LogP contribution < -0.4 is 0 Å². The Balaban J connectivity index is 0. The van der Waals surface area contributed by atoms with E-state index in [0.29, 0.717) is 0 Å². The molecule has 0 fully saturated rings. The third kappa shape index (κ3) is 9.09. The summed E-state index contributed by atoms with van der Waals surface area (Å²) in [5.74, 6) is 0. The van der Waals surface area contributed by atoms with Gasteiger partial charge in [0.25, 0.3) is 0 Å². The molecule has 4 heavy (non-hydrogen) atoms.